The first-order valence-corrected chi connectivity index (χ1v) is 8.11. The van der Waals surface area contributed by atoms with Crippen molar-refractivity contribution in [2.24, 2.45) is 0 Å². The summed E-state index contributed by atoms with van der Waals surface area (Å²) < 4.78 is 22.4. The van der Waals surface area contributed by atoms with Gasteiger partial charge in [-0.3, -0.25) is 0 Å². The number of rotatable bonds is 5. The number of hydrogen-bond donors (Lipinski definition) is 0. The Kier molecular flexibility index (Phi) is 4.79. The molecule has 0 aliphatic carbocycles. The Balaban J connectivity index is 2.01. The number of carbonyl (C=O) groups is 1. The van der Waals surface area contributed by atoms with Crippen LogP contribution >= 0.6 is 11.3 Å². The van der Waals surface area contributed by atoms with Crippen molar-refractivity contribution in [1.82, 2.24) is 4.98 Å². The molecule has 1 aromatic heterocycles. The van der Waals surface area contributed by atoms with Crippen LogP contribution in [0.2, 0.25) is 0 Å². The van der Waals surface area contributed by atoms with Gasteiger partial charge in [-0.2, -0.15) is 0 Å². The molecule has 0 bridgehead atoms. The van der Waals surface area contributed by atoms with E-state index in [2.05, 4.69) is 4.98 Å². The van der Waals surface area contributed by atoms with Crippen molar-refractivity contribution in [3.63, 3.8) is 0 Å². The van der Waals surface area contributed by atoms with Crippen LogP contribution in [0.25, 0.3) is 0 Å². The molecule has 0 radical (unpaired) electrons. The van der Waals surface area contributed by atoms with E-state index in [4.69, 9.17) is 18.9 Å². The molecule has 124 valence electrons. The van der Waals surface area contributed by atoms with E-state index in [1.54, 1.807) is 13.8 Å². The SMILES string of the molecule is CCOC(=O)c1sc(OC[C@@H]2OC(C)(C)OC2(C)C)nc1C. The van der Waals surface area contributed by atoms with Gasteiger partial charge in [0, 0.05) is 0 Å². The van der Waals surface area contributed by atoms with Crippen LogP contribution in [0.15, 0.2) is 0 Å². The second-order valence-electron chi connectivity index (χ2n) is 6.14. The maximum Gasteiger partial charge on any atom is 0.350 e. The van der Waals surface area contributed by atoms with Crippen LogP contribution < -0.4 is 4.74 Å². The molecule has 0 unspecified atom stereocenters. The van der Waals surface area contributed by atoms with Gasteiger partial charge < -0.3 is 18.9 Å². The largest absolute Gasteiger partial charge is 0.467 e. The van der Waals surface area contributed by atoms with Crippen molar-refractivity contribution < 1.29 is 23.7 Å². The Bertz CT molecular complexity index is 552. The molecule has 1 aliphatic rings. The average Bonchev–Trinajstić information content (AvgIpc) is 2.83. The third kappa shape index (κ3) is 3.77. The molecule has 2 rings (SSSR count). The van der Waals surface area contributed by atoms with Gasteiger partial charge in [0.15, 0.2) is 5.79 Å². The molecule has 1 aromatic rings. The molecule has 0 aromatic carbocycles. The van der Waals surface area contributed by atoms with Crippen LogP contribution in [-0.2, 0) is 14.2 Å². The highest BCUT2D eigenvalue weighted by Gasteiger charge is 2.47. The summed E-state index contributed by atoms with van der Waals surface area (Å²) in [4.78, 5) is 16.5. The highest BCUT2D eigenvalue weighted by molar-refractivity contribution is 7.15. The molecule has 0 spiro atoms. The van der Waals surface area contributed by atoms with E-state index in [9.17, 15) is 4.79 Å². The normalized spacial score (nSPS) is 22.5. The number of esters is 1. The van der Waals surface area contributed by atoms with Gasteiger partial charge in [-0.15, -0.1) is 0 Å². The fourth-order valence-electron chi connectivity index (χ4n) is 2.41. The number of carbonyl (C=O) groups excluding carboxylic acids is 1. The summed E-state index contributed by atoms with van der Waals surface area (Å²) in [5, 5.41) is 0.435. The maximum atomic E-state index is 11.8. The molecule has 1 atom stereocenters. The number of nitrogens with zero attached hydrogens (tertiary/aromatic N) is 1. The highest BCUT2D eigenvalue weighted by Crippen LogP contribution is 2.36. The zero-order valence-electron chi connectivity index (χ0n) is 13.9. The molecule has 7 heteroatoms. The summed E-state index contributed by atoms with van der Waals surface area (Å²) in [6, 6.07) is 0. The van der Waals surface area contributed by atoms with Crippen molar-refractivity contribution in [1.29, 1.82) is 0 Å². The van der Waals surface area contributed by atoms with Crippen LogP contribution in [0.3, 0.4) is 0 Å². The van der Waals surface area contributed by atoms with Crippen LogP contribution in [0.4, 0.5) is 0 Å². The molecule has 1 aliphatic heterocycles. The van der Waals surface area contributed by atoms with Crippen molar-refractivity contribution >= 4 is 17.3 Å². The number of hydrogen-bond acceptors (Lipinski definition) is 7. The molecule has 0 saturated carbocycles. The van der Waals surface area contributed by atoms with E-state index < -0.39 is 11.4 Å². The van der Waals surface area contributed by atoms with Crippen molar-refractivity contribution in [3.8, 4) is 5.19 Å². The minimum atomic E-state index is -0.633. The Labute approximate surface area is 134 Å². The number of thiazole rings is 1. The summed E-state index contributed by atoms with van der Waals surface area (Å²) in [5.74, 6) is -0.999. The van der Waals surface area contributed by atoms with Gasteiger partial charge in [0.05, 0.1) is 17.9 Å². The van der Waals surface area contributed by atoms with E-state index in [0.29, 0.717) is 29.0 Å². The van der Waals surface area contributed by atoms with Crippen molar-refractivity contribution in [2.45, 2.75) is 59.0 Å². The second-order valence-corrected chi connectivity index (χ2v) is 7.10. The Morgan fingerprint density at radius 3 is 2.59 bits per heavy atom. The van der Waals surface area contributed by atoms with E-state index in [1.807, 2.05) is 27.7 Å². The summed E-state index contributed by atoms with van der Waals surface area (Å²) in [6.45, 7) is 11.9. The smallest absolute Gasteiger partial charge is 0.350 e. The van der Waals surface area contributed by atoms with Crippen molar-refractivity contribution in [3.05, 3.63) is 10.6 Å². The lowest BCUT2D eigenvalue weighted by Gasteiger charge is -2.23. The van der Waals surface area contributed by atoms with E-state index >= 15 is 0 Å². The fraction of sp³-hybridized carbons (Fsp3) is 0.733. The summed E-state index contributed by atoms with van der Waals surface area (Å²) in [6.07, 6.45) is -0.210. The minimum absolute atomic E-state index is 0.210. The monoisotopic (exact) mass is 329 g/mol. The fourth-order valence-corrected chi connectivity index (χ4v) is 3.23. The minimum Gasteiger partial charge on any atom is -0.467 e. The molecular weight excluding hydrogens is 306 g/mol. The Hall–Kier alpha value is -1.18. The zero-order chi connectivity index (χ0) is 16.5. The van der Waals surface area contributed by atoms with Gasteiger partial charge in [-0.25, -0.2) is 9.78 Å². The van der Waals surface area contributed by atoms with Gasteiger partial charge >= 0.3 is 5.97 Å². The highest BCUT2D eigenvalue weighted by atomic mass is 32.1. The lowest BCUT2D eigenvalue weighted by molar-refractivity contribution is -0.158. The van der Waals surface area contributed by atoms with Gasteiger partial charge in [0.1, 0.15) is 17.6 Å². The summed E-state index contributed by atoms with van der Waals surface area (Å²) in [5.41, 5.74) is 0.168. The zero-order valence-corrected chi connectivity index (χ0v) is 14.7. The predicted octanol–water partition coefficient (Wildman–Crippen LogP) is 2.94. The van der Waals surface area contributed by atoms with Gasteiger partial charge in [-0.05, 0) is 41.5 Å². The number of ether oxygens (including phenoxy) is 4. The molecule has 6 nitrogen and oxygen atoms in total. The van der Waals surface area contributed by atoms with Crippen LogP contribution in [-0.4, -0.2) is 41.7 Å². The van der Waals surface area contributed by atoms with E-state index in [-0.39, 0.29) is 12.1 Å². The first kappa shape index (κ1) is 17.2. The second kappa shape index (κ2) is 6.14. The first-order valence-electron chi connectivity index (χ1n) is 7.30. The molecule has 1 saturated heterocycles. The molecule has 0 amide bonds. The predicted molar refractivity (Wildman–Crippen MR) is 82.4 cm³/mol. The molecule has 22 heavy (non-hydrogen) atoms. The number of aryl methyl sites for hydroxylation is 1. The van der Waals surface area contributed by atoms with E-state index in [0.717, 1.165) is 0 Å². The molecule has 0 N–H and O–H groups in total. The third-order valence-corrected chi connectivity index (χ3v) is 4.36. The molecular formula is C15H23NO5S. The Morgan fingerprint density at radius 1 is 1.36 bits per heavy atom. The topological polar surface area (TPSA) is 66.9 Å². The quantitative estimate of drug-likeness (QED) is 0.774. The van der Waals surface area contributed by atoms with Crippen LogP contribution in [0, 0.1) is 6.92 Å². The standard InChI is InChI=1S/C15H23NO5S/c1-7-18-12(17)11-9(2)16-13(22-11)19-8-10-14(3,4)21-15(5,6)20-10/h10H,7-8H2,1-6H3/t10-/m0/s1. The molecule has 2 heterocycles. The van der Waals surface area contributed by atoms with E-state index in [1.165, 1.54) is 11.3 Å². The van der Waals surface area contributed by atoms with Gasteiger partial charge in [0.25, 0.3) is 5.19 Å². The first-order chi connectivity index (χ1) is 10.1. The maximum absolute atomic E-state index is 11.8. The Morgan fingerprint density at radius 2 is 2.05 bits per heavy atom. The lowest BCUT2D eigenvalue weighted by Crippen LogP contribution is -2.37. The van der Waals surface area contributed by atoms with Crippen LogP contribution in [0.5, 0.6) is 5.19 Å². The number of aromatic nitrogens is 1. The van der Waals surface area contributed by atoms with Gasteiger partial charge in [-0.1, -0.05) is 11.3 Å². The summed E-state index contributed by atoms with van der Waals surface area (Å²) in [7, 11) is 0. The van der Waals surface area contributed by atoms with Gasteiger partial charge in [0.2, 0.25) is 0 Å². The summed E-state index contributed by atoms with van der Waals surface area (Å²) >= 11 is 1.19. The molecule has 1 fully saturated rings. The lowest BCUT2D eigenvalue weighted by atomic mass is 10.0. The third-order valence-electron chi connectivity index (χ3n) is 3.31. The van der Waals surface area contributed by atoms with Crippen molar-refractivity contribution in [2.75, 3.05) is 13.2 Å². The average molecular weight is 329 g/mol. The van der Waals surface area contributed by atoms with Crippen LogP contribution in [0.1, 0.15) is 50.0 Å².